The van der Waals surface area contributed by atoms with E-state index in [2.05, 4.69) is 20.7 Å². The van der Waals surface area contributed by atoms with Gasteiger partial charge in [0.2, 0.25) is 0 Å². The van der Waals surface area contributed by atoms with E-state index in [1.54, 1.807) is 13.0 Å². The Morgan fingerprint density at radius 3 is 2.62 bits per heavy atom. The summed E-state index contributed by atoms with van der Waals surface area (Å²) in [5, 5.41) is 0.461. The van der Waals surface area contributed by atoms with E-state index in [9.17, 15) is 4.79 Å². The number of carbonyl (C=O) groups is 1. The Morgan fingerprint density at radius 1 is 1.50 bits per heavy atom. The van der Waals surface area contributed by atoms with Gasteiger partial charge in [0.25, 0.3) is 0 Å². The molecule has 0 amide bonds. The Kier molecular flexibility index (Phi) is 4.62. The minimum Gasteiger partial charge on any atom is -0.477 e. The summed E-state index contributed by atoms with van der Waals surface area (Å²) in [6.45, 7) is 3.47. The van der Waals surface area contributed by atoms with Gasteiger partial charge in [0, 0.05) is 4.47 Å². The fourth-order valence-corrected chi connectivity index (χ4v) is 2.24. The molecule has 1 aromatic carbocycles. The number of rotatable bonds is 3. The maximum absolute atomic E-state index is 11.2. The summed E-state index contributed by atoms with van der Waals surface area (Å²) in [5.74, 6) is 0.0705. The monoisotopic (exact) mass is 306 g/mol. The molecule has 0 bridgehead atoms. The molecule has 0 aliphatic carbocycles. The number of benzene rings is 1. The summed E-state index contributed by atoms with van der Waals surface area (Å²) >= 11 is 9.34. The first-order valence-electron chi connectivity index (χ1n) is 4.66. The van der Waals surface area contributed by atoms with Gasteiger partial charge in [-0.2, -0.15) is 0 Å². The first-order valence-corrected chi connectivity index (χ1v) is 5.83. The van der Waals surface area contributed by atoms with Crippen LogP contribution in [0.1, 0.15) is 12.5 Å². The molecule has 0 spiro atoms. The third kappa shape index (κ3) is 3.12. The fourth-order valence-electron chi connectivity index (χ4n) is 1.23. The zero-order valence-corrected chi connectivity index (χ0v) is 11.6. The van der Waals surface area contributed by atoms with Crippen LogP contribution in [0.5, 0.6) is 5.75 Å². The Morgan fingerprint density at radius 2 is 2.12 bits per heavy atom. The number of hydrogen-bond donors (Lipinski definition) is 0. The third-order valence-corrected chi connectivity index (χ3v) is 2.76. The average Bonchev–Trinajstić information content (AvgIpc) is 2.21. The quantitative estimate of drug-likeness (QED) is 0.803. The standard InChI is InChI=1S/C11H12BrClO3/c1-6-4-8(12)5-9(13)10(6)16-7(2)11(14)15-3/h4-5,7H,1-3H3/t7-/m1/s1. The van der Waals surface area contributed by atoms with E-state index in [4.69, 9.17) is 16.3 Å². The van der Waals surface area contributed by atoms with Gasteiger partial charge in [-0.3, -0.25) is 0 Å². The van der Waals surface area contributed by atoms with Crippen LogP contribution in [-0.2, 0) is 9.53 Å². The first kappa shape index (κ1) is 13.3. The van der Waals surface area contributed by atoms with Crippen molar-refractivity contribution < 1.29 is 14.3 Å². The molecule has 0 saturated carbocycles. The van der Waals surface area contributed by atoms with Crippen molar-refractivity contribution in [2.24, 2.45) is 0 Å². The summed E-state index contributed by atoms with van der Waals surface area (Å²) in [6.07, 6.45) is -0.678. The molecule has 0 aliphatic rings. The van der Waals surface area contributed by atoms with Gasteiger partial charge in [-0.05, 0) is 31.5 Å². The Hall–Kier alpha value is -0.740. The van der Waals surface area contributed by atoms with Gasteiger partial charge in [-0.15, -0.1) is 0 Å². The van der Waals surface area contributed by atoms with Crippen molar-refractivity contribution in [3.63, 3.8) is 0 Å². The zero-order chi connectivity index (χ0) is 12.3. The number of methoxy groups -OCH3 is 1. The normalized spacial score (nSPS) is 12.1. The largest absolute Gasteiger partial charge is 0.477 e. The molecule has 1 atom stereocenters. The molecule has 1 rings (SSSR count). The molecule has 3 nitrogen and oxygen atoms in total. The highest BCUT2D eigenvalue weighted by Crippen LogP contribution is 2.32. The van der Waals surface area contributed by atoms with Crippen LogP contribution in [0.2, 0.25) is 5.02 Å². The molecule has 0 aromatic heterocycles. The number of halogens is 2. The van der Waals surface area contributed by atoms with Gasteiger partial charge in [-0.25, -0.2) is 4.79 Å². The van der Waals surface area contributed by atoms with E-state index in [1.807, 2.05) is 13.0 Å². The van der Waals surface area contributed by atoms with Crippen LogP contribution in [0.15, 0.2) is 16.6 Å². The second kappa shape index (κ2) is 5.55. The van der Waals surface area contributed by atoms with Gasteiger partial charge in [0.1, 0.15) is 5.75 Å². The molecule has 88 valence electrons. The maximum Gasteiger partial charge on any atom is 0.346 e. The predicted molar refractivity (Wildman–Crippen MR) is 66.0 cm³/mol. The van der Waals surface area contributed by atoms with Crippen LogP contribution in [0.25, 0.3) is 0 Å². The molecule has 0 radical (unpaired) electrons. The molecule has 5 heteroatoms. The topological polar surface area (TPSA) is 35.5 Å². The molecule has 0 heterocycles. The van der Waals surface area contributed by atoms with Crippen LogP contribution in [-0.4, -0.2) is 19.2 Å². The number of aryl methyl sites for hydroxylation is 1. The molecule has 1 aromatic rings. The Labute approximate surface area is 108 Å². The molecule has 0 aliphatic heterocycles. The molecular formula is C11H12BrClO3. The summed E-state index contributed by atoms with van der Waals surface area (Å²) in [6, 6.07) is 3.58. The molecule has 0 N–H and O–H groups in total. The Balaban J connectivity index is 2.93. The van der Waals surface area contributed by atoms with Crippen molar-refractivity contribution in [2.75, 3.05) is 7.11 Å². The number of ether oxygens (including phenoxy) is 2. The van der Waals surface area contributed by atoms with E-state index in [0.29, 0.717) is 10.8 Å². The lowest BCUT2D eigenvalue weighted by molar-refractivity contribution is -0.147. The highest BCUT2D eigenvalue weighted by atomic mass is 79.9. The number of hydrogen-bond acceptors (Lipinski definition) is 3. The first-order chi connectivity index (χ1) is 7.45. The van der Waals surface area contributed by atoms with Crippen molar-refractivity contribution in [3.8, 4) is 5.75 Å². The second-order valence-corrected chi connectivity index (χ2v) is 4.64. The van der Waals surface area contributed by atoms with Gasteiger partial charge in [0.15, 0.2) is 6.10 Å². The zero-order valence-electron chi connectivity index (χ0n) is 9.21. The lowest BCUT2D eigenvalue weighted by Crippen LogP contribution is -2.25. The summed E-state index contributed by atoms with van der Waals surface area (Å²) in [5.41, 5.74) is 0.857. The summed E-state index contributed by atoms with van der Waals surface area (Å²) in [4.78, 5) is 11.2. The van der Waals surface area contributed by atoms with E-state index >= 15 is 0 Å². The number of esters is 1. The van der Waals surface area contributed by atoms with Crippen molar-refractivity contribution in [1.82, 2.24) is 0 Å². The lowest BCUT2D eigenvalue weighted by Gasteiger charge is -2.15. The average molecular weight is 308 g/mol. The van der Waals surface area contributed by atoms with Gasteiger partial charge >= 0.3 is 5.97 Å². The second-order valence-electron chi connectivity index (χ2n) is 3.32. The van der Waals surface area contributed by atoms with Gasteiger partial charge < -0.3 is 9.47 Å². The molecule has 0 unspecified atom stereocenters. The number of carbonyl (C=O) groups excluding carboxylic acids is 1. The minimum atomic E-state index is -0.678. The van der Waals surface area contributed by atoms with Gasteiger partial charge in [0.05, 0.1) is 12.1 Å². The minimum absolute atomic E-state index is 0.432. The van der Waals surface area contributed by atoms with E-state index in [-0.39, 0.29) is 0 Å². The molecule has 0 fully saturated rings. The van der Waals surface area contributed by atoms with E-state index in [0.717, 1.165) is 10.0 Å². The summed E-state index contributed by atoms with van der Waals surface area (Å²) < 4.78 is 10.9. The fraction of sp³-hybridized carbons (Fsp3) is 0.364. The van der Waals surface area contributed by atoms with Crippen molar-refractivity contribution in [2.45, 2.75) is 20.0 Å². The maximum atomic E-state index is 11.2. The predicted octanol–water partition coefficient (Wildman–Crippen LogP) is 3.35. The highest BCUT2D eigenvalue weighted by Gasteiger charge is 2.17. The van der Waals surface area contributed by atoms with Crippen molar-refractivity contribution in [3.05, 3.63) is 27.2 Å². The van der Waals surface area contributed by atoms with E-state index < -0.39 is 12.1 Å². The van der Waals surface area contributed by atoms with Crippen LogP contribution in [0.3, 0.4) is 0 Å². The van der Waals surface area contributed by atoms with Crippen molar-refractivity contribution in [1.29, 1.82) is 0 Å². The smallest absolute Gasteiger partial charge is 0.346 e. The van der Waals surface area contributed by atoms with E-state index in [1.165, 1.54) is 7.11 Å². The lowest BCUT2D eigenvalue weighted by atomic mass is 10.2. The SMILES string of the molecule is COC(=O)[C@@H](C)Oc1c(C)cc(Br)cc1Cl. The van der Waals surface area contributed by atoms with Crippen LogP contribution < -0.4 is 4.74 Å². The third-order valence-electron chi connectivity index (χ3n) is 2.02. The van der Waals surface area contributed by atoms with Crippen LogP contribution >= 0.6 is 27.5 Å². The Bertz CT molecular complexity index is 383. The molecule has 0 saturated heterocycles. The highest BCUT2D eigenvalue weighted by molar-refractivity contribution is 9.10. The summed E-state index contributed by atoms with van der Waals surface area (Å²) in [7, 11) is 1.32. The molecular weight excluding hydrogens is 295 g/mol. The van der Waals surface area contributed by atoms with Crippen molar-refractivity contribution >= 4 is 33.5 Å². The van der Waals surface area contributed by atoms with Gasteiger partial charge in [-0.1, -0.05) is 27.5 Å². The van der Waals surface area contributed by atoms with Crippen LogP contribution in [0, 0.1) is 6.92 Å². The van der Waals surface area contributed by atoms with Crippen LogP contribution in [0.4, 0.5) is 0 Å². The molecule has 16 heavy (non-hydrogen) atoms.